The van der Waals surface area contributed by atoms with Crippen molar-refractivity contribution in [2.45, 2.75) is 38.8 Å². The number of amides is 1. The quantitative estimate of drug-likeness (QED) is 0.644. The molecule has 1 N–H and O–H groups in total. The van der Waals surface area contributed by atoms with Gasteiger partial charge in [0.05, 0.1) is 0 Å². The molecule has 2 atom stereocenters. The summed E-state index contributed by atoms with van der Waals surface area (Å²) in [6, 6.07) is 1.14. The fraction of sp³-hybridized carbons (Fsp3) is 0.900. The second kappa shape index (κ2) is 3.29. The number of likely N-dealkylation sites (tertiary alicyclic amines) is 1. The van der Waals surface area contributed by atoms with Crippen molar-refractivity contribution >= 4 is 5.91 Å². The summed E-state index contributed by atoms with van der Waals surface area (Å²) in [4.78, 5) is 13.7. The van der Waals surface area contributed by atoms with Gasteiger partial charge in [0.15, 0.2) is 0 Å². The van der Waals surface area contributed by atoms with Gasteiger partial charge < -0.3 is 10.2 Å². The molecule has 2 unspecified atom stereocenters. The number of rotatable bonds is 1. The highest BCUT2D eigenvalue weighted by Crippen LogP contribution is 2.21. The van der Waals surface area contributed by atoms with Crippen LogP contribution in [0.25, 0.3) is 0 Å². The van der Waals surface area contributed by atoms with E-state index in [0.717, 1.165) is 13.1 Å². The van der Waals surface area contributed by atoms with Crippen LogP contribution in [-0.4, -0.2) is 36.0 Å². The molecule has 3 heteroatoms. The van der Waals surface area contributed by atoms with E-state index in [1.165, 1.54) is 12.8 Å². The molecule has 74 valence electrons. The third-order valence-corrected chi connectivity index (χ3v) is 3.02. The molecule has 0 spiro atoms. The van der Waals surface area contributed by atoms with E-state index in [1.807, 2.05) is 18.7 Å². The van der Waals surface area contributed by atoms with Crippen LogP contribution in [0.3, 0.4) is 0 Å². The van der Waals surface area contributed by atoms with Crippen LogP contribution < -0.4 is 5.32 Å². The highest BCUT2D eigenvalue weighted by molar-refractivity contribution is 5.78. The van der Waals surface area contributed by atoms with Gasteiger partial charge in [-0.15, -0.1) is 0 Å². The van der Waals surface area contributed by atoms with Gasteiger partial charge in [-0.1, -0.05) is 13.8 Å². The molecule has 2 aliphatic heterocycles. The average Bonchev–Trinajstić information content (AvgIpc) is 2.44. The molecule has 2 bridgehead atoms. The lowest BCUT2D eigenvalue weighted by atomic mass is 10.1. The first-order chi connectivity index (χ1) is 6.16. The van der Waals surface area contributed by atoms with Crippen LogP contribution in [0.15, 0.2) is 0 Å². The second-order valence-electron chi connectivity index (χ2n) is 4.54. The predicted octanol–water partition coefficient (Wildman–Crippen LogP) is 0.605. The molecule has 0 aromatic rings. The standard InChI is InChI=1S/C10H18N2O/c1-7(2)10(13)12-5-8-3-4-9(6-12)11-8/h7-9,11H,3-6H2,1-2H3. The van der Waals surface area contributed by atoms with Crippen LogP contribution in [-0.2, 0) is 4.79 Å². The summed E-state index contributed by atoms with van der Waals surface area (Å²) < 4.78 is 0. The molecule has 3 nitrogen and oxygen atoms in total. The zero-order valence-electron chi connectivity index (χ0n) is 8.42. The van der Waals surface area contributed by atoms with Crippen LogP contribution in [0.4, 0.5) is 0 Å². The van der Waals surface area contributed by atoms with Crippen molar-refractivity contribution in [3.63, 3.8) is 0 Å². The SMILES string of the molecule is CC(C)C(=O)N1CC2CCC(C1)N2. The monoisotopic (exact) mass is 182 g/mol. The lowest BCUT2D eigenvalue weighted by Crippen LogP contribution is -2.53. The highest BCUT2D eigenvalue weighted by Gasteiger charge is 2.34. The summed E-state index contributed by atoms with van der Waals surface area (Å²) in [7, 11) is 0. The van der Waals surface area contributed by atoms with Crippen molar-refractivity contribution in [1.82, 2.24) is 10.2 Å². The molecular formula is C10H18N2O. The molecule has 1 amide bonds. The Morgan fingerprint density at radius 1 is 1.31 bits per heavy atom. The zero-order valence-corrected chi connectivity index (χ0v) is 8.42. The predicted molar refractivity (Wildman–Crippen MR) is 51.4 cm³/mol. The molecule has 0 aromatic carbocycles. The zero-order chi connectivity index (χ0) is 9.42. The van der Waals surface area contributed by atoms with Crippen LogP contribution in [0, 0.1) is 5.92 Å². The summed E-state index contributed by atoms with van der Waals surface area (Å²) >= 11 is 0. The second-order valence-corrected chi connectivity index (χ2v) is 4.54. The van der Waals surface area contributed by atoms with Crippen molar-refractivity contribution in [2.75, 3.05) is 13.1 Å². The number of carbonyl (C=O) groups excluding carboxylic acids is 1. The van der Waals surface area contributed by atoms with Gasteiger partial charge in [0.1, 0.15) is 0 Å². The molecule has 2 heterocycles. The van der Waals surface area contributed by atoms with E-state index in [0.29, 0.717) is 18.0 Å². The van der Waals surface area contributed by atoms with E-state index in [1.54, 1.807) is 0 Å². The van der Waals surface area contributed by atoms with E-state index >= 15 is 0 Å². The van der Waals surface area contributed by atoms with Crippen molar-refractivity contribution in [3.05, 3.63) is 0 Å². The minimum absolute atomic E-state index is 0.150. The number of fused-ring (bicyclic) bond motifs is 2. The van der Waals surface area contributed by atoms with E-state index < -0.39 is 0 Å². The Labute approximate surface area is 79.5 Å². The van der Waals surface area contributed by atoms with Crippen LogP contribution in [0.1, 0.15) is 26.7 Å². The van der Waals surface area contributed by atoms with Gasteiger partial charge in [-0.25, -0.2) is 0 Å². The Morgan fingerprint density at radius 2 is 1.85 bits per heavy atom. The van der Waals surface area contributed by atoms with E-state index in [9.17, 15) is 4.79 Å². The Morgan fingerprint density at radius 3 is 2.31 bits per heavy atom. The summed E-state index contributed by atoms with van der Waals surface area (Å²) in [5.74, 6) is 0.468. The molecule has 13 heavy (non-hydrogen) atoms. The van der Waals surface area contributed by atoms with E-state index in [-0.39, 0.29) is 5.92 Å². The largest absolute Gasteiger partial charge is 0.339 e. The first-order valence-corrected chi connectivity index (χ1v) is 5.21. The van der Waals surface area contributed by atoms with Crippen molar-refractivity contribution in [1.29, 1.82) is 0 Å². The summed E-state index contributed by atoms with van der Waals surface area (Å²) in [5.41, 5.74) is 0. The van der Waals surface area contributed by atoms with E-state index in [4.69, 9.17) is 0 Å². The first kappa shape index (κ1) is 9.00. The maximum atomic E-state index is 11.7. The van der Waals surface area contributed by atoms with Gasteiger partial charge in [-0.2, -0.15) is 0 Å². The van der Waals surface area contributed by atoms with Gasteiger partial charge in [0, 0.05) is 31.1 Å². The smallest absolute Gasteiger partial charge is 0.225 e. The van der Waals surface area contributed by atoms with Gasteiger partial charge in [0.25, 0.3) is 0 Å². The summed E-state index contributed by atoms with van der Waals surface area (Å²) in [6.07, 6.45) is 2.49. The Bertz CT molecular complexity index is 203. The number of carbonyl (C=O) groups is 1. The third kappa shape index (κ3) is 1.70. The number of hydrogen-bond donors (Lipinski definition) is 1. The van der Waals surface area contributed by atoms with Gasteiger partial charge in [-0.05, 0) is 12.8 Å². The molecule has 2 aliphatic rings. The normalized spacial score (nSPS) is 32.7. The lowest BCUT2D eigenvalue weighted by molar-refractivity contribution is -0.135. The summed E-state index contributed by atoms with van der Waals surface area (Å²) in [5, 5.41) is 3.52. The molecule has 2 saturated heterocycles. The summed E-state index contributed by atoms with van der Waals surface area (Å²) in [6.45, 7) is 5.81. The topological polar surface area (TPSA) is 32.3 Å². The van der Waals surface area contributed by atoms with E-state index in [2.05, 4.69) is 5.32 Å². The van der Waals surface area contributed by atoms with Crippen molar-refractivity contribution < 1.29 is 4.79 Å². The van der Waals surface area contributed by atoms with Crippen LogP contribution in [0.5, 0.6) is 0 Å². The van der Waals surface area contributed by atoms with Gasteiger partial charge in [-0.3, -0.25) is 4.79 Å². The average molecular weight is 182 g/mol. The molecule has 0 aromatic heterocycles. The number of nitrogens with zero attached hydrogens (tertiary/aromatic N) is 1. The minimum Gasteiger partial charge on any atom is -0.339 e. The number of piperazine rings is 1. The highest BCUT2D eigenvalue weighted by atomic mass is 16.2. The number of nitrogens with one attached hydrogen (secondary N) is 1. The van der Waals surface area contributed by atoms with Gasteiger partial charge in [0.2, 0.25) is 5.91 Å². The third-order valence-electron chi connectivity index (χ3n) is 3.02. The van der Waals surface area contributed by atoms with Crippen molar-refractivity contribution in [3.8, 4) is 0 Å². The Hall–Kier alpha value is -0.570. The first-order valence-electron chi connectivity index (χ1n) is 5.21. The molecule has 0 saturated carbocycles. The molecule has 2 fully saturated rings. The molecular weight excluding hydrogens is 164 g/mol. The molecule has 2 rings (SSSR count). The van der Waals surface area contributed by atoms with Crippen LogP contribution >= 0.6 is 0 Å². The fourth-order valence-electron chi connectivity index (χ4n) is 2.34. The molecule has 0 aliphatic carbocycles. The lowest BCUT2D eigenvalue weighted by Gasteiger charge is -2.33. The Kier molecular flexibility index (Phi) is 2.28. The van der Waals surface area contributed by atoms with Gasteiger partial charge >= 0.3 is 0 Å². The maximum Gasteiger partial charge on any atom is 0.225 e. The Balaban J connectivity index is 1.98. The van der Waals surface area contributed by atoms with Crippen LogP contribution in [0.2, 0.25) is 0 Å². The van der Waals surface area contributed by atoms with Crippen molar-refractivity contribution in [2.24, 2.45) is 5.92 Å². The fourth-order valence-corrected chi connectivity index (χ4v) is 2.34. The minimum atomic E-state index is 0.150. The number of hydrogen-bond acceptors (Lipinski definition) is 2. The molecule has 0 radical (unpaired) electrons. The maximum absolute atomic E-state index is 11.7.